The molecule has 0 fully saturated rings. The minimum Gasteiger partial charge on any atom is -0.506 e. The molecular weight excluding hydrogens is 242 g/mol. The number of phenols is 1. The first-order valence-corrected chi connectivity index (χ1v) is 6.45. The molecule has 0 aliphatic heterocycles. The molecule has 0 amide bonds. The summed E-state index contributed by atoms with van der Waals surface area (Å²) in [6.07, 6.45) is 0. The lowest BCUT2D eigenvalue weighted by molar-refractivity contribution is 0.478. The zero-order chi connectivity index (χ0) is 11.5. The number of thioether (sulfide) groups is 1. The first kappa shape index (κ1) is 11.2. The predicted octanol–water partition coefficient (Wildman–Crippen LogP) is 2.43. The third kappa shape index (κ3) is 2.65. The number of nitrogens with two attached hydrogens (primary N) is 1. The summed E-state index contributed by atoms with van der Waals surface area (Å²) in [5, 5.41) is 18.2. The van der Waals surface area contributed by atoms with Gasteiger partial charge in [-0.25, -0.2) is 0 Å². The van der Waals surface area contributed by atoms with Gasteiger partial charge in [-0.05, 0) is 24.6 Å². The average molecular weight is 253 g/mol. The smallest absolute Gasteiger partial charge is 0.174 e. The molecule has 1 aromatic carbocycles. The number of nitrogen functional groups attached to an aromatic ring is 1. The van der Waals surface area contributed by atoms with Crippen molar-refractivity contribution >= 4 is 28.8 Å². The number of phenolic OH excluding ortho intramolecular Hbond substituents is 1. The Morgan fingerprint density at radius 1 is 1.44 bits per heavy atom. The second-order valence-corrected chi connectivity index (χ2v) is 5.67. The van der Waals surface area contributed by atoms with Crippen molar-refractivity contribution in [3.8, 4) is 5.75 Å². The van der Waals surface area contributed by atoms with Gasteiger partial charge in [0.25, 0.3) is 0 Å². The van der Waals surface area contributed by atoms with E-state index in [-0.39, 0.29) is 5.75 Å². The fraction of sp³-hybridized carbons (Fsp3) is 0.200. The molecule has 1 aromatic heterocycles. The summed E-state index contributed by atoms with van der Waals surface area (Å²) in [5.41, 5.74) is 7.08. The van der Waals surface area contributed by atoms with Crippen LogP contribution in [-0.4, -0.2) is 15.3 Å². The van der Waals surface area contributed by atoms with E-state index < -0.39 is 0 Å². The largest absolute Gasteiger partial charge is 0.506 e. The van der Waals surface area contributed by atoms with Crippen molar-refractivity contribution in [2.24, 2.45) is 0 Å². The Hall–Kier alpha value is -1.27. The summed E-state index contributed by atoms with van der Waals surface area (Å²) in [5.74, 6) is 0.902. The Balaban J connectivity index is 2.02. The fourth-order valence-electron chi connectivity index (χ4n) is 1.18. The van der Waals surface area contributed by atoms with Crippen molar-refractivity contribution in [2.45, 2.75) is 17.0 Å². The van der Waals surface area contributed by atoms with Gasteiger partial charge in [-0.15, -0.1) is 10.2 Å². The Morgan fingerprint density at radius 2 is 2.25 bits per heavy atom. The molecule has 0 unspecified atom stereocenters. The van der Waals surface area contributed by atoms with Gasteiger partial charge in [0.15, 0.2) is 4.34 Å². The van der Waals surface area contributed by atoms with Gasteiger partial charge in [-0.1, -0.05) is 29.2 Å². The molecule has 0 saturated heterocycles. The van der Waals surface area contributed by atoms with Gasteiger partial charge in [-0.3, -0.25) is 0 Å². The SMILES string of the molecule is Cc1nnc(SCc2ccc(O)c(N)c2)s1. The summed E-state index contributed by atoms with van der Waals surface area (Å²) < 4.78 is 0.948. The molecule has 0 aliphatic carbocycles. The van der Waals surface area contributed by atoms with Crippen LogP contribution in [0.5, 0.6) is 5.75 Å². The van der Waals surface area contributed by atoms with Gasteiger partial charge in [0, 0.05) is 5.75 Å². The monoisotopic (exact) mass is 253 g/mol. The summed E-state index contributed by atoms with van der Waals surface area (Å²) >= 11 is 3.19. The highest BCUT2D eigenvalue weighted by Gasteiger charge is 2.03. The van der Waals surface area contributed by atoms with Gasteiger partial charge in [0.05, 0.1) is 5.69 Å². The number of aromatic nitrogens is 2. The predicted molar refractivity (Wildman–Crippen MR) is 66.7 cm³/mol. The minimum absolute atomic E-state index is 0.125. The Morgan fingerprint density at radius 3 is 2.88 bits per heavy atom. The van der Waals surface area contributed by atoms with Gasteiger partial charge >= 0.3 is 0 Å². The van der Waals surface area contributed by atoms with E-state index in [0.29, 0.717) is 5.69 Å². The quantitative estimate of drug-likeness (QED) is 0.499. The minimum atomic E-state index is 0.125. The van der Waals surface area contributed by atoms with Crippen LogP contribution >= 0.6 is 23.1 Å². The van der Waals surface area contributed by atoms with Crippen LogP contribution in [0.2, 0.25) is 0 Å². The highest BCUT2D eigenvalue weighted by molar-refractivity contribution is 8.00. The van der Waals surface area contributed by atoms with E-state index in [1.807, 2.05) is 13.0 Å². The molecule has 2 aromatic rings. The number of anilines is 1. The first-order chi connectivity index (χ1) is 7.65. The Kier molecular flexibility index (Phi) is 3.31. The number of benzene rings is 1. The maximum Gasteiger partial charge on any atom is 0.174 e. The number of aryl methyl sites for hydroxylation is 1. The van der Waals surface area contributed by atoms with Crippen LogP contribution in [0.15, 0.2) is 22.5 Å². The van der Waals surface area contributed by atoms with Crippen molar-refractivity contribution in [3.63, 3.8) is 0 Å². The standard InChI is InChI=1S/C10H11N3OS2/c1-6-12-13-10(16-6)15-5-7-2-3-9(14)8(11)4-7/h2-4,14H,5,11H2,1H3. The number of hydrogen-bond acceptors (Lipinski definition) is 6. The molecular formula is C10H11N3OS2. The summed E-state index contributed by atoms with van der Waals surface area (Å²) in [7, 11) is 0. The maximum absolute atomic E-state index is 9.28. The van der Waals surface area contributed by atoms with E-state index in [1.54, 1.807) is 35.2 Å². The molecule has 16 heavy (non-hydrogen) atoms. The normalized spacial score (nSPS) is 10.6. The lowest BCUT2D eigenvalue weighted by Gasteiger charge is -2.02. The molecule has 0 aliphatic rings. The lowest BCUT2D eigenvalue weighted by Crippen LogP contribution is -1.88. The molecule has 2 rings (SSSR count). The summed E-state index contributed by atoms with van der Waals surface area (Å²) in [6.45, 7) is 1.93. The Bertz CT molecular complexity index is 499. The average Bonchev–Trinajstić information content (AvgIpc) is 2.66. The van der Waals surface area contributed by atoms with E-state index >= 15 is 0 Å². The van der Waals surface area contributed by atoms with Crippen LogP contribution in [0.1, 0.15) is 10.6 Å². The van der Waals surface area contributed by atoms with Crippen molar-refractivity contribution in [2.75, 3.05) is 5.73 Å². The van der Waals surface area contributed by atoms with Crippen LogP contribution < -0.4 is 5.73 Å². The molecule has 84 valence electrons. The Labute approximate surface area is 102 Å². The molecule has 4 nitrogen and oxygen atoms in total. The van der Waals surface area contributed by atoms with Crippen molar-refractivity contribution < 1.29 is 5.11 Å². The summed E-state index contributed by atoms with van der Waals surface area (Å²) in [6, 6.07) is 5.24. The highest BCUT2D eigenvalue weighted by Crippen LogP contribution is 2.28. The number of hydrogen-bond donors (Lipinski definition) is 2. The molecule has 0 saturated carbocycles. The van der Waals surface area contributed by atoms with E-state index in [2.05, 4.69) is 10.2 Å². The molecule has 0 bridgehead atoms. The molecule has 0 radical (unpaired) electrons. The van der Waals surface area contributed by atoms with Crippen LogP contribution in [-0.2, 0) is 5.75 Å². The zero-order valence-corrected chi connectivity index (χ0v) is 10.3. The van der Waals surface area contributed by atoms with Gasteiger partial charge in [0.2, 0.25) is 0 Å². The van der Waals surface area contributed by atoms with E-state index in [0.717, 1.165) is 20.7 Å². The fourth-order valence-corrected chi connectivity index (χ4v) is 2.93. The van der Waals surface area contributed by atoms with E-state index in [9.17, 15) is 5.11 Å². The molecule has 0 spiro atoms. The maximum atomic E-state index is 9.28. The molecule has 0 atom stereocenters. The third-order valence-electron chi connectivity index (χ3n) is 1.96. The number of aromatic hydroxyl groups is 1. The third-order valence-corrected chi connectivity index (χ3v) is 4.00. The van der Waals surface area contributed by atoms with Gasteiger partial charge in [-0.2, -0.15) is 0 Å². The van der Waals surface area contributed by atoms with Crippen molar-refractivity contribution in [1.82, 2.24) is 10.2 Å². The van der Waals surface area contributed by atoms with E-state index in [1.165, 1.54) is 0 Å². The topological polar surface area (TPSA) is 72.0 Å². The second kappa shape index (κ2) is 4.71. The van der Waals surface area contributed by atoms with Crippen LogP contribution in [0.25, 0.3) is 0 Å². The van der Waals surface area contributed by atoms with Crippen molar-refractivity contribution in [1.29, 1.82) is 0 Å². The first-order valence-electron chi connectivity index (χ1n) is 4.65. The van der Waals surface area contributed by atoms with Gasteiger partial charge in [0.1, 0.15) is 10.8 Å². The van der Waals surface area contributed by atoms with Crippen molar-refractivity contribution in [3.05, 3.63) is 28.8 Å². The zero-order valence-electron chi connectivity index (χ0n) is 8.67. The van der Waals surface area contributed by atoms with Crippen LogP contribution in [0, 0.1) is 6.92 Å². The molecule has 1 heterocycles. The highest BCUT2D eigenvalue weighted by atomic mass is 32.2. The van der Waals surface area contributed by atoms with Gasteiger partial charge < -0.3 is 10.8 Å². The van der Waals surface area contributed by atoms with Crippen LogP contribution in [0.4, 0.5) is 5.69 Å². The molecule has 3 N–H and O–H groups in total. The number of rotatable bonds is 3. The van der Waals surface area contributed by atoms with Crippen LogP contribution in [0.3, 0.4) is 0 Å². The number of nitrogens with zero attached hydrogens (tertiary/aromatic N) is 2. The summed E-state index contributed by atoms with van der Waals surface area (Å²) in [4.78, 5) is 0. The molecule has 6 heteroatoms. The lowest BCUT2D eigenvalue weighted by atomic mass is 10.2. The van der Waals surface area contributed by atoms with E-state index in [4.69, 9.17) is 5.73 Å². The second-order valence-electron chi connectivity index (χ2n) is 3.27.